The number of amides is 1. The summed E-state index contributed by atoms with van der Waals surface area (Å²) in [6.07, 6.45) is 8.34. The Morgan fingerprint density at radius 3 is 1.67 bits per heavy atom. The maximum atomic E-state index is 12.6. The second-order valence-corrected chi connectivity index (χ2v) is 6.40. The third-order valence-electron chi connectivity index (χ3n) is 3.95. The van der Waals surface area contributed by atoms with Crippen LogP contribution in [0.1, 0.15) is 69.2 Å². The monoisotopic (exact) mass is 413 g/mol. The molecule has 9 heteroatoms. The normalized spacial score (nSPS) is 11.6. The number of carbonyl (C=O) groups excluding carboxylic acids is 2. The quantitative estimate of drug-likeness (QED) is 0.189. The van der Waals surface area contributed by atoms with Gasteiger partial charge >= 0.3 is 0 Å². The molecule has 0 saturated heterocycles. The highest BCUT2D eigenvalue weighted by molar-refractivity contribution is 7.96. The van der Waals surface area contributed by atoms with Crippen LogP contribution in [0.4, 0.5) is 22.0 Å². The number of nitrogens with two attached hydrogens (primary N) is 1. The average Bonchev–Trinajstić information content (AvgIpc) is 2.61. The number of primary amides is 1. The third-order valence-corrected chi connectivity index (χ3v) is 4.32. The van der Waals surface area contributed by atoms with Gasteiger partial charge in [0, 0.05) is 5.92 Å². The van der Waals surface area contributed by atoms with Crippen molar-refractivity contribution in [2.24, 2.45) is 11.7 Å². The van der Waals surface area contributed by atoms with Crippen molar-refractivity contribution in [3.63, 3.8) is 0 Å². The highest BCUT2D eigenvalue weighted by Crippen LogP contribution is 2.22. The molecule has 0 saturated carbocycles. The van der Waals surface area contributed by atoms with Crippen LogP contribution in [0.5, 0.6) is 0 Å². The van der Waals surface area contributed by atoms with E-state index < -0.39 is 40.6 Å². The molecule has 1 atom stereocenters. The van der Waals surface area contributed by atoms with E-state index in [0.29, 0.717) is 0 Å². The predicted molar refractivity (Wildman–Crippen MR) is 95.9 cm³/mol. The standard InChI is InChI=1S/C11H22OS.C7H2F5NO/c1-3-5-6-7-8-9-10(4-2)11(12)13;8-2-1(7(13)14)3(9)5(11)6(12)4(2)10/h10H,3-9H2,1-2H3,(H,12,13);(H2,13,14). The Labute approximate surface area is 160 Å². The van der Waals surface area contributed by atoms with Crippen molar-refractivity contribution in [1.82, 2.24) is 0 Å². The lowest BCUT2D eigenvalue weighted by Crippen LogP contribution is -2.19. The Morgan fingerprint density at radius 2 is 1.30 bits per heavy atom. The molecule has 1 aromatic rings. The van der Waals surface area contributed by atoms with Crippen molar-refractivity contribution in [2.75, 3.05) is 0 Å². The van der Waals surface area contributed by atoms with Gasteiger partial charge in [-0.1, -0.05) is 46.0 Å². The van der Waals surface area contributed by atoms with Gasteiger partial charge < -0.3 is 5.73 Å². The molecule has 0 fully saturated rings. The van der Waals surface area contributed by atoms with Gasteiger partial charge in [0.05, 0.1) is 0 Å². The zero-order chi connectivity index (χ0) is 21.1. The number of benzene rings is 1. The van der Waals surface area contributed by atoms with Crippen molar-refractivity contribution in [1.29, 1.82) is 0 Å². The summed E-state index contributed by atoms with van der Waals surface area (Å²) in [6.45, 7) is 4.27. The highest BCUT2D eigenvalue weighted by atomic mass is 32.1. The van der Waals surface area contributed by atoms with Crippen LogP contribution in [0.15, 0.2) is 0 Å². The van der Waals surface area contributed by atoms with E-state index in [1.54, 1.807) is 0 Å². The number of thiol groups is 1. The second kappa shape index (κ2) is 12.7. The summed E-state index contributed by atoms with van der Waals surface area (Å²) in [4.78, 5) is 21.3. The molecule has 1 rings (SSSR count). The molecule has 0 aliphatic heterocycles. The first-order valence-electron chi connectivity index (χ1n) is 8.63. The van der Waals surface area contributed by atoms with Gasteiger partial charge in [-0.05, 0) is 12.8 Å². The lowest BCUT2D eigenvalue weighted by Gasteiger charge is -2.09. The van der Waals surface area contributed by atoms with Crippen LogP contribution < -0.4 is 5.73 Å². The Morgan fingerprint density at radius 1 is 0.852 bits per heavy atom. The van der Waals surface area contributed by atoms with Crippen LogP contribution in [0.2, 0.25) is 0 Å². The molecular weight excluding hydrogens is 389 g/mol. The van der Waals surface area contributed by atoms with Crippen molar-refractivity contribution < 1.29 is 31.5 Å². The van der Waals surface area contributed by atoms with Gasteiger partial charge in [-0.2, -0.15) is 0 Å². The molecule has 154 valence electrons. The van der Waals surface area contributed by atoms with Gasteiger partial charge in [0.1, 0.15) is 5.56 Å². The number of hydrogen-bond acceptors (Lipinski definition) is 2. The van der Waals surface area contributed by atoms with Crippen molar-refractivity contribution in [2.45, 2.75) is 58.8 Å². The van der Waals surface area contributed by atoms with Crippen LogP contribution in [0, 0.1) is 35.0 Å². The molecule has 3 nitrogen and oxygen atoms in total. The molecule has 1 unspecified atom stereocenters. The van der Waals surface area contributed by atoms with Gasteiger partial charge in [0.25, 0.3) is 5.91 Å². The number of carbonyl (C=O) groups is 2. The summed E-state index contributed by atoms with van der Waals surface area (Å²) in [5.41, 5.74) is 2.79. The van der Waals surface area contributed by atoms with Crippen LogP contribution in [0.25, 0.3) is 0 Å². The van der Waals surface area contributed by atoms with E-state index in [2.05, 4.69) is 32.2 Å². The SMILES string of the molecule is CCCCCCCC(CC)C(=O)S.NC(=O)c1c(F)c(F)c(F)c(F)c1F. The summed E-state index contributed by atoms with van der Waals surface area (Å²) in [5, 5.41) is 0.0676. The number of unbranched alkanes of at least 4 members (excludes halogenated alkanes) is 4. The van der Waals surface area contributed by atoms with Crippen LogP contribution in [-0.2, 0) is 4.79 Å². The maximum absolute atomic E-state index is 12.6. The Bertz CT molecular complexity index is 626. The van der Waals surface area contributed by atoms with Crippen molar-refractivity contribution >= 4 is 23.7 Å². The second-order valence-electron chi connectivity index (χ2n) is 5.96. The van der Waals surface area contributed by atoms with Gasteiger partial charge in [0.15, 0.2) is 28.4 Å². The number of hydrogen-bond donors (Lipinski definition) is 2. The number of halogens is 5. The molecule has 1 aromatic carbocycles. The molecule has 0 radical (unpaired) electrons. The van der Waals surface area contributed by atoms with Gasteiger partial charge in [-0.3, -0.25) is 9.59 Å². The Balaban J connectivity index is 0.000000503. The average molecular weight is 413 g/mol. The lowest BCUT2D eigenvalue weighted by atomic mass is 9.99. The Hall–Kier alpha value is -1.64. The van der Waals surface area contributed by atoms with E-state index in [1.807, 2.05) is 0 Å². The zero-order valence-electron chi connectivity index (χ0n) is 15.3. The molecule has 1 amide bonds. The zero-order valence-corrected chi connectivity index (χ0v) is 16.2. The summed E-state index contributed by atoms with van der Waals surface area (Å²) < 4.78 is 62.4. The molecule has 0 aliphatic carbocycles. The molecule has 27 heavy (non-hydrogen) atoms. The van der Waals surface area contributed by atoms with E-state index in [-0.39, 0.29) is 11.0 Å². The fraction of sp³-hybridized carbons (Fsp3) is 0.556. The highest BCUT2D eigenvalue weighted by Gasteiger charge is 2.28. The van der Waals surface area contributed by atoms with Crippen LogP contribution in [0.3, 0.4) is 0 Å². The van der Waals surface area contributed by atoms with Crippen LogP contribution >= 0.6 is 12.6 Å². The minimum atomic E-state index is -2.33. The largest absolute Gasteiger partial charge is 0.365 e. The van der Waals surface area contributed by atoms with Crippen molar-refractivity contribution in [3.8, 4) is 0 Å². The number of rotatable bonds is 9. The smallest absolute Gasteiger partial charge is 0.254 e. The Kier molecular flexibility index (Phi) is 11.9. The molecular formula is C18H24F5NO2S. The molecule has 0 aliphatic rings. The predicted octanol–water partition coefficient (Wildman–Crippen LogP) is 5.31. The van der Waals surface area contributed by atoms with E-state index in [4.69, 9.17) is 0 Å². The van der Waals surface area contributed by atoms with E-state index in [0.717, 1.165) is 12.8 Å². The maximum Gasteiger partial charge on any atom is 0.254 e. The van der Waals surface area contributed by atoms with E-state index in [1.165, 1.54) is 32.1 Å². The minimum absolute atomic E-state index is 0.0676. The fourth-order valence-electron chi connectivity index (χ4n) is 2.32. The summed E-state index contributed by atoms with van der Waals surface area (Å²) in [5.74, 6) is -12.7. The summed E-state index contributed by atoms with van der Waals surface area (Å²) >= 11 is 3.88. The van der Waals surface area contributed by atoms with Crippen molar-refractivity contribution in [3.05, 3.63) is 34.6 Å². The molecule has 0 spiro atoms. The summed E-state index contributed by atoms with van der Waals surface area (Å²) in [7, 11) is 0. The lowest BCUT2D eigenvalue weighted by molar-refractivity contribution is -0.114. The first kappa shape index (κ1) is 25.4. The summed E-state index contributed by atoms with van der Waals surface area (Å²) in [6, 6.07) is 0. The molecule has 2 N–H and O–H groups in total. The molecule has 0 bridgehead atoms. The van der Waals surface area contributed by atoms with E-state index >= 15 is 0 Å². The molecule has 0 heterocycles. The van der Waals surface area contributed by atoms with E-state index in [9.17, 15) is 31.5 Å². The fourth-order valence-corrected chi connectivity index (χ4v) is 2.63. The van der Waals surface area contributed by atoms with Gasteiger partial charge in [0.2, 0.25) is 5.82 Å². The first-order valence-corrected chi connectivity index (χ1v) is 9.08. The van der Waals surface area contributed by atoms with Gasteiger partial charge in [-0.15, -0.1) is 12.6 Å². The minimum Gasteiger partial charge on any atom is -0.365 e. The third kappa shape index (κ3) is 7.86. The first-order chi connectivity index (χ1) is 12.6. The molecule has 0 aromatic heterocycles. The van der Waals surface area contributed by atoms with Crippen LogP contribution in [-0.4, -0.2) is 11.0 Å². The van der Waals surface area contributed by atoms with Gasteiger partial charge in [-0.25, -0.2) is 22.0 Å². The topological polar surface area (TPSA) is 60.2 Å².